The normalized spacial score (nSPS) is 20.5. The van der Waals surface area contributed by atoms with Gasteiger partial charge in [0.2, 0.25) is 15.9 Å². The third kappa shape index (κ3) is 7.55. The van der Waals surface area contributed by atoms with E-state index in [0.717, 1.165) is 24.3 Å². The summed E-state index contributed by atoms with van der Waals surface area (Å²) in [5.41, 5.74) is 7.09. The lowest BCUT2D eigenvalue weighted by molar-refractivity contribution is -0.117. The molecule has 2 fully saturated rings. The Kier molecular flexibility index (Phi) is 10.2. The quantitative estimate of drug-likeness (QED) is 0.256. The minimum atomic E-state index is -3.58. The highest BCUT2D eigenvalue weighted by atomic mass is 32.2. The number of nitrogens with one attached hydrogen (secondary N) is 2. The molecule has 5 rings (SSSR count). The fraction of sp³-hybridized carbons (Fsp3) is 0.406. The number of methoxy groups -OCH3 is 1. The van der Waals surface area contributed by atoms with E-state index in [0.29, 0.717) is 37.6 Å². The molecule has 2 unspecified atom stereocenters. The highest BCUT2D eigenvalue weighted by Gasteiger charge is 2.47. The summed E-state index contributed by atoms with van der Waals surface area (Å²) in [7, 11) is -2.07. The van der Waals surface area contributed by atoms with E-state index in [-0.39, 0.29) is 36.3 Å². The average molecular weight is 649 g/mol. The van der Waals surface area contributed by atoms with Crippen LogP contribution in [0.15, 0.2) is 60.7 Å². The number of nitrogens with two attached hydrogens (primary N) is 1. The van der Waals surface area contributed by atoms with Gasteiger partial charge in [0.05, 0.1) is 23.9 Å². The van der Waals surface area contributed by atoms with Gasteiger partial charge >= 0.3 is 0 Å². The first-order valence-electron chi connectivity index (χ1n) is 14.8. The molecule has 0 aromatic heterocycles. The number of carbonyl (C=O) groups excluding carboxylic acids is 1. The van der Waals surface area contributed by atoms with Gasteiger partial charge in [-0.15, -0.1) is 0 Å². The van der Waals surface area contributed by atoms with Gasteiger partial charge in [-0.1, -0.05) is 18.2 Å². The van der Waals surface area contributed by atoms with Crippen LogP contribution in [0, 0.1) is 23.3 Å². The number of rotatable bonds is 12. The predicted octanol–water partition coefficient (Wildman–Crippen LogP) is 4.05. The molecule has 2 aliphatic rings. The minimum Gasteiger partial charge on any atom is -0.383 e. The molecule has 0 spiro atoms. The number of hydrogen-bond acceptors (Lipinski definition) is 6. The summed E-state index contributed by atoms with van der Waals surface area (Å²) in [5.74, 6) is -4.73. The van der Waals surface area contributed by atoms with Crippen molar-refractivity contribution < 1.29 is 35.5 Å². The summed E-state index contributed by atoms with van der Waals surface area (Å²) in [5, 5.41) is 5.49. The van der Waals surface area contributed by atoms with Gasteiger partial charge in [-0.25, -0.2) is 26.0 Å². The third-order valence-corrected chi connectivity index (χ3v) is 10.8. The maximum atomic E-state index is 15.3. The number of amides is 1. The summed E-state index contributed by atoms with van der Waals surface area (Å²) >= 11 is 0. The van der Waals surface area contributed by atoms with Crippen LogP contribution in [0.1, 0.15) is 41.9 Å². The minimum absolute atomic E-state index is 0.0635. The van der Waals surface area contributed by atoms with E-state index in [2.05, 4.69) is 10.6 Å². The van der Waals surface area contributed by atoms with Crippen molar-refractivity contribution in [2.75, 3.05) is 32.1 Å². The molecule has 45 heavy (non-hydrogen) atoms. The van der Waals surface area contributed by atoms with Gasteiger partial charge in [-0.05, 0) is 73.2 Å². The van der Waals surface area contributed by atoms with Gasteiger partial charge in [0, 0.05) is 49.5 Å². The van der Waals surface area contributed by atoms with E-state index in [1.807, 2.05) is 0 Å². The maximum Gasteiger partial charge on any atom is 0.242 e. The Morgan fingerprint density at radius 1 is 0.978 bits per heavy atom. The molecule has 1 saturated carbocycles. The molecule has 1 aliphatic heterocycles. The smallest absolute Gasteiger partial charge is 0.242 e. The Morgan fingerprint density at radius 3 is 2.29 bits per heavy atom. The van der Waals surface area contributed by atoms with Crippen LogP contribution < -0.4 is 16.4 Å². The zero-order chi connectivity index (χ0) is 32.3. The van der Waals surface area contributed by atoms with Crippen molar-refractivity contribution in [3.05, 3.63) is 101 Å². The number of ether oxygens (including phenoxy) is 1. The van der Waals surface area contributed by atoms with Crippen LogP contribution in [0.4, 0.5) is 23.2 Å². The Labute approximate surface area is 260 Å². The van der Waals surface area contributed by atoms with Crippen LogP contribution in [-0.2, 0) is 26.0 Å². The van der Waals surface area contributed by atoms with Crippen LogP contribution in [0.3, 0.4) is 0 Å². The number of halogens is 4. The largest absolute Gasteiger partial charge is 0.383 e. The highest BCUT2D eigenvalue weighted by Crippen LogP contribution is 2.35. The Morgan fingerprint density at radius 2 is 1.64 bits per heavy atom. The molecule has 13 heteroatoms. The molecular weight excluding hydrogens is 612 g/mol. The Hall–Kier alpha value is -3.36. The number of carbonyl (C=O) groups is 1. The monoisotopic (exact) mass is 648 g/mol. The van der Waals surface area contributed by atoms with Crippen LogP contribution in [-0.4, -0.2) is 68.8 Å². The van der Waals surface area contributed by atoms with E-state index in [9.17, 15) is 26.4 Å². The van der Waals surface area contributed by atoms with E-state index >= 15 is 4.39 Å². The van der Waals surface area contributed by atoms with Gasteiger partial charge in [-0.3, -0.25) is 4.79 Å². The van der Waals surface area contributed by atoms with Crippen molar-refractivity contribution in [3.63, 3.8) is 0 Å². The topological polar surface area (TPSA) is 114 Å². The molecule has 242 valence electrons. The fourth-order valence-electron chi connectivity index (χ4n) is 6.04. The van der Waals surface area contributed by atoms with Crippen LogP contribution in [0.2, 0.25) is 0 Å². The first-order chi connectivity index (χ1) is 21.5. The van der Waals surface area contributed by atoms with Crippen molar-refractivity contribution in [2.24, 2.45) is 5.73 Å². The van der Waals surface area contributed by atoms with Gasteiger partial charge in [0.15, 0.2) is 0 Å². The van der Waals surface area contributed by atoms with Gasteiger partial charge < -0.3 is 21.1 Å². The molecular formula is C32H36F4N4O4S. The maximum absolute atomic E-state index is 15.3. The second-order valence-corrected chi connectivity index (χ2v) is 13.7. The van der Waals surface area contributed by atoms with Crippen molar-refractivity contribution in [2.45, 2.75) is 55.0 Å². The molecule has 4 N–H and O–H groups in total. The predicted molar refractivity (Wildman–Crippen MR) is 162 cm³/mol. The molecule has 0 bridgehead atoms. The zero-order valence-electron chi connectivity index (χ0n) is 24.7. The second-order valence-electron chi connectivity index (χ2n) is 11.5. The molecule has 1 aliphatic carbocycles. The Balaban J connectivity index is 1.39. The SMILES string of the molecule is COCC1CNC[C@H](CCc2c(F)cccc2NC(=O)[C@@H](N)C(c2ccc(F)cc2)c2cc(F)cc(F)c2)N1S(=O)(=O)C1CC1. The number of anilines is 1. The summed E-state index contributed by atoms with van der Waals surface area (Å²) in [4.78, 5) is 13.6. The zero-order valence-corrected chi connectivity index (χ0v) is 25.5. The number of benzene rings is 3. The lowest BCUT2D eigenvalue weighted by atomic mass is 9.84. The van der Waals surface area contributed by atoms with E-state index in [1.165, 1.54) is 41.7 Å². The molecule has 3 aromatic rings. The molecule has 1 heterocycles. The molecule has 8 nitrogen and oxygen atoms in total. The highest BCUT2D eigenvalue weighted by molar-refractivity contribution is 7.90. The summed E-state index contributed by atoms with van der Waals surface area (Å²) in [6, 6.07) is 9.71. The lowest BCUT2D eigenvalue weighted by Gasteiger charge is -2.41. The van der Waals surface area contributed by atoms with Gasteiger partial charge in [-0.2, -0.15) is 4.31 Å². The molecule has 3 aromatic carbocycles. The van der Waals surface area contributed by atoms with Gasteiger partial charge in [0.25, 0.3) is 0 Å². The first kappa shape index (κ1) is 33.0. The lowest BCUT2D eigenvalue weighted by Crippen LogP contribution is -2.61. The molecule has 1 amide bonds. The number of piperazine rings is 1. The molecule has 1 saturated heterocycles. The summed E-state index contributed by atoms with van der Waals surface area (Å²) in [6.45, 7) is 1.01. The van der Waals surface area contributed by atoms with E-state index < -0.39 is 68.5 Å². The van der Waals surface area contributed by atoms with E-state index in [1.54, 1.807) is 0 Å². The number of sulfonamides is 1. The Bertz CT molecular complexity index is 1600. The fourth-order valence-corrected chi connectivity index (χ4v) is 8.27. The average Bonchev–Trinajstić information content (AvgIpc) is 3.84. The second kappa shape index (κ2) is 14.0. The number of hydrogen-bond donors (Lipinski definition) is 3. The van der Waals surface area contributed by atoms with Crippen molar-refractivity contribution in [1.82, 2.24) is 9.62 Å². The summed E-state index contributed by atoms with van der Waals surface area (Å²) in [6.07, 6.45) is 1.56. The van der Waals surface area contributed by atoms with Crippen LogP contribution in [0.25, 0.3) is 0 Å². The van der Waals surface area contributed by atoms with Crippen molar-refractivity contribution in [1.29, 1.82) is 0 Å². The van der Waals surface area contributed by atoms with Crippen LogP contribution >= 0.6 is 0 Å². The van der Waals surface area contributed by atoms with Crippen molar-refractivity contribution in [3.8, 4) is 0 Å². The van der Waals surface area contributed by atoms with Crippen molar-refractivity contribution >= 4 is 21.6 Å². The first-order valence-corrected chi connectivity index (χ1v) is 16.3. The molecule has 4 atom stereocenters. The number of nitrogens with zero attached hydrogens (tertiary/aromatic N) is 1. The van der Waals surface area contributed by atoms with E-state index in [4.69, 9.17) is 10.5 Å². The standard InChI is InChI=1S/C32H36F4N4O4S/c1-44-18-25-17-38-16-24(40(25)45(42,43)26-10-11-26)9-12-27-28(36)3-2-4-29(27)39-32(41)31(37)30(19-5-7-21(33)8-6-19)20-13-22(34)15-23(35)14-20/h2-8,13-15,24-26,30-31,38H,9-12,16-18,37H2,1H3,(H,39,41)/t24-,25?,30?,31-/m0/s1. The van der Waals surface area contributed by atoms with Gasteiger partial charge in [0.1, 0.15) is 23.3 Å². The third-order valence-electron chi connectivity index (χ3n) is 8.32. The van der Waals surface area contributed by atoms with Crippen LogP contribution in [0.5, 0.6) is 0 Å². The molecule has 0 radical (unpaired) electrons. The summed E-state index contributed by atoms with van der Waals surface area (Å²) < 4.78 is 91.0.